The average Bonchev–Trinajstić information content (AvgIpc) is 1.87. The molecule has 0 saturated heterocycles. The van der Waals surface area contributed by atoms with E-state index in [0.717, 1.165) is 6.42 Å². The average molecular weight is 157 g/mol. The quantitative estimate of drug-likeness (QED) is 0.286. The molecule has 64 valence electrons. The van der Waals surface area contributed by atoms with Crippen LogP contribution in [0.5, 0.6) is 0 Å². The second kappa shape index (κ2) is 4.91. The van der Waals surface area contributed by atoms with E-state index in [0.29, 0.717) is 6.61 Å². The number of ether oxygens (including phenoxy) is 1. The Bertz CT molecular complexity index is 141. The van der Waals surface area contributed by atoms with Gasteiger partial charge in [-0.15, -0.1) is 6.58 Å². The normalized spacial score (nSPS) is 12.2. The largest absolute Gasteiger partial charge is 0.411 e. The van der Waals surface area contributed by atoms with Gasteiger partial charge in [0.1, 0.15) is 0 Å². The minimum absolute atomic E-state index is 0.219. The van der Waals surface area contributed by atoms with Crippen molar-refractivity contribution in [2.75, 3.05) is 6.61 Å². The van der Waals surface area contributed by atoms with E-state index in [9.17, 15) is 0 Å². The molecule has 0 aromatic heterocycles. The summed E-state index contributed by atoms with van der Waals surface area (Å²) in [6.45, 7) is 7.86. The van der Waals surface area contributed by atoms with Crippen LogP contribution in [0, 0.1) is 0 Å². The lowest BCUT2D eigenvalue weighted by Crippen LogP contribution is -2.24. The van der Waals surface area contributed by atoms with Gasteiger partial charge in [0, 0.05) is 0 Å². The smallest absolute Gasteiger partial charge is 0.0859 e. The molecular formula is C8H15NO2. The van der Waals surface area contributed by atoms with Gasteiger partial charge in [-0.25, -0.2) is 0 Å². The van der Waals surface area contributed by atoms with Gasteiger partial charge in [0.25, 0.3) is 0 Å². The van der Waals surface area contributed by atoms with E-state index in [1.54, 1.807) is 6.08 Å². The second-order valence-electron chi connectivity index (χ2n) is 2.86. The van der Waals surface area contributed by atoms with Crippen molar-refractivity contribution in [1.29, 1.82) is 0 Å². The van der Waals surface area contributed by atoms with Crippen molar-refractivity contribution < 1.29 is 9.94 Å². The third-order valence-electron chi connectivity index (χ3n) is 1.27. The molecule has 0 fully saturated rings. The third kappa shape index (κ3) is 5.61. The molecule has 3 nitrogen and oxygen atoms in total. The van der Waals surface area contributed by atoms with Crippen molar-refractivity contribution >= 4 is 6.21 Å². The van der Waals surface area contributed by atoms with E-state index in [2.05, 4.69) is 11.7 Å². The van der Waals surface area contributed by atoms with Gasteiger partial charge in [0.05, 0.1) is 18.4 Å². The monoisotopic (exact) mass is 157 g/mol. The lowest BCUT2D eigenvalue weighted by Gasteiger charge is -2.22. The van der Waals surface area contributed by atoms with Crippen LogP contribution in [-0.2, 0) is 4.74 Å². The summed E-state index contributed by atoms with van der Waals surface area (Å²) in [5.41, 5.74) is -0.219. The van der Waals surface area contributed by atoms with E-state index in [4.69, 9.17) is 9.94 Å². The maximum Gasteiger partial charge on any atom is 0.0859 e. The SMILES string of the molecule is C=CCC(C)(C)OCC=NO. The molecule has 0 heterocycles. The molecule has 0 rings (SSSR count). The number of hydrogen-bond acceptors (Lipinski definition) is 3. The zero-order valence-corrected chi connectivity index (χ0v) is 7.08. The van der Waals surface area contributed by atoms with Crippen LogP contribution in [0.25, 0.3) is 0 Å². The summed E-state index contributed by atoms with van der Waals surface area (Å²) in [6, 6.07) is 0. The van der Waals surface area contributed by atoms with Crippen LogP contribution in [-0.4, -0.2) is 23.6 Å². The molecule has 11 heavy (non-hydrogen) atoms. The van der Waals surface area contributed by atoms with E-state index in [1.165, 1.54) is 6.21 Å². The Labute approximate surface area is 67.4 Å². The molecular weight excluding hydrogens is 142 g/mol. The molecule has 0 aromatic carbocycles. The standard InChI is InChI=1S/C8H15NO2/c1-4-5-8(2,3)11-7-6-9-10/h4,6,10H,1,5,7H2,2-3H3. The molecule has 0 aliphatic rings. The Morgan fingerprint density at radius 3 is 2.73 bits per heavy atom. The van der Waals surface area contributed by atoms with Gasteiger partial charge in [-0.1, -0.05) is 11.2 Å². The van der Waals surface area contributed by atoms with Crippen LogP contribution in [0.2, 0.25) is 0 Å². The van der Waals surface area contributed by atoms with Gasteiger partial charge >= 0.3 is 0 Å². The minimum atomic E-state index is -0.219. The summed E-state index contributed by atoms with van der Waals surface area (Å²) in [6.07, 6.45) is 3.90. The number of hydrogen-bond donors (Lipinski definition) is 1. The van der Waals surface area contributed by atoms with Crippen LogP contribution < -0.4 is 0 Å². The molecule has 0 unspecified atom stereocenters. The van der Waals surface area contributed by atoms with Gasteiger partial charge in [-0.05, 0) is 20.3 Å². The highest BCUT2D eigenvalue weighted by atomic mass is 16.5. The summed E-state index contributed by atoms with van der Waals surface area (Å²) in [7, 11) is 0. The summed E-state index contributed by atoms with van der Waals surface area (Å²) in [5, 5.41) is 10.9. The lowest BCUT2D eigenvalue weighted by molar-refractivity contribution is 0.00878. The Morgan fingerprint density at radius 2 is 2.27 bits per heavy atom. The Balaban J connectivity index is 3.62. The summed E-state index contributed by atoms with van der Waals surface area (Å²) in [4.78, 5) is 0. The zero-order chi connectivity index (χ0) is 8.74. The molecule has 0 aliphatic carbocycles. The summed E-state index contributed by atoms with van der Waals surface area (Å²) < 4.78 is 5.33. The van der Waals surface area contributed by atoms with Crippen LogP contribution in [0.4, 0.5) is 0 Å². The Kier molecular flexibility index (Phi) is 4.54. The highest BCUT2D eigenvalue weighted by molar-refractivity contribution is 5.57. The number of oxime groups is 1. The molecule has 0 radical (unpaired) electrons. The molecule has 0 atom stereocenters. The highest BCUT2D eigenvalue weighted by Crippen LogP contribution is 2.13. The van der Waals surface area contributed by atoms with Crippen LogP contribution in [0.1, 0.15) is 20.3 Å². The molecule has 1 N–H and O–H groups in total. The predicted octanol–water partition coefficient (Wildman–Crippen LogP) is 1.82. The van der Waals surface area contributed by atoms with Crippen molar-refractivity contribution in [3.8, 4) is 0 Å². The number of rotatable bonds is 5. The maximum atomic E-state index is 8.06. The van der Waals surface area contributed by atoms with Gasteiger partial charge in [-0.2, -0.15) is 0 Å². The first kappa shape index (κ1) is 10.2. The molecule has 0 saturated carbocycles. The van der Waals surface area contributed by atoms with Crippen LogP contribution in [0.3, 0.4) is 0 Å². The first-order valence-electron chi connectivity index (χ1n) is 3.53. The first-order chi connectivity index (χ1) is 5.12. The van der Waals surface area contributed by atoms with Gasteiger partial charge < -0.3 is 9.94 Å². The lowest BCUT2D eigenvalue weighted by atomic mass is 10.1. The van der Waals surface area contributed by atoms with E-state index in [-0.39, 0.29) is 5.60 Å². The minimum Gasteiger partial charge on any atom is -0.411 e. The molecule has 0 aliphatic heterocycles. The maximum absolute atomic E-state index is 8.06. The second-order valence-corrected chi connectivity index (χ2v) is 2.86. The molecule has 0 bridgehead atoms. The van der Waals surface area contributed by atoms with Gasteiger partial charge in [0.15, 0.2) is 0 Å². The predicted molar refractivity (Wildman–Crippen MR) is 45.1 cm³/mol. The fourth-order valence-corrected chi connectivity index (χ4v) is 0.703. The Morgan fingerprint density at radius 1 is 1.64 bits per heavy atom. The van der Waals surface area contributed by atoms with Crippen LogP contribution >= 0.6 is 0 Å². The van der Waals surface area contributed by atoms with Crippen molar-refractivity contribution in [3.05, 3.63) is 12.7 Å². The van der Waals surface area contributed by atoms with E-state index in [1.807, 2.05) is 13.8 Å². The topological polar surface area (TPSA) is 41.8 Å². The first-order valence-corrected chi connectivity index (χ1v) is 3.53. The molecule has 0 spiro atoms. The molecule has 0 aromatic rings. The van der Waals surface area contributed by atoms with Crippen molar-refractivity contribution in [3.63, 3.8) is 0 Å². The van der Waals surface area contributed by atoms with Crippen LogP contribution in [0.15, 0.2) is 17.8 Å². The third-order valence-corrected chi connectivity index (χ3v) is 1.27. The molecule has 3 heteroatoms. The Hall–Kier alpha value is -0.830. The fourth-order valence-electron chi connectivity index (χ4n) is 0.703. The van der Waals surface area contributed by atoms with Crippen molar-refractivity contribution in [1.82, 2.24) is 0 Å². The fraction of sp³-hybridized carbons (Fsp3) is 0.625. The zero-order valence-electron chi connectivity index (χ0n) is 7.08. The summed E-state index contributed by atoms with van der Waals surface area (Å²) in [5.74, 6) is 0. The molecule has 0 amide bonds. The summed E-state index contributed by atoms with van der Waals surface area (Å²) >= 11 is 0. The van der Waals surface area contributed by atoms with Crippen molar-refractivity contribution in [2.24, 2.45) is 5.16 Å². The van der Waals surface area contributed by atoms with Crippen molar-refractivity contribution in [2.45, 2.75) is 25.9 Å². The van der Waals surface area contributed by atoms with Gasteiger partial charge in [-0.3, -0.25) is 0 Å². The number of nitrogens with zero attached hydrogens (tertiary/aromatic N) is 1. The van der Waals surface area contributed by atoms with E-state index >= 15 is 0 Å². The highest BCUT2D eigenvalue weighted by Gasteiger charge is 2.14. The van der Waals surface area contributed by atoms with Gasteiger partial charge in [0.2, 0.25) is 0 Å². The van der Waals surface area contributed by atoms with E-state index < -0.39 is 0 Å².